The van der Waals surface area contributed by atoms with Crippen LogP contribution < -0.4 is 5.32 Å². The van der Waals surface area contributed by atoms with E-state index >= 15 is 0 Å². The number of hydrogen-bond donors (Lipinski definition) is 4. The number of pyridine rings is 1. The van der Waals surface area contributed by atoms with Crippen molar-refractivity contribution in [1.29, 1.82) is 0 Å². The van der Waals surface area contributed by atoms with Crippen LogP contribution in [0.15, 0.2) is 23.5 Å². The predicted octanol–water partition coefficient (Wildman–Crippen LogP) is 4.12. The summed E-state index contributed by atoms with van der Waals surface area (Å²) in [6.07, 6.45) is 3.99. The highest BCUT2D eigenvalue weighted by Crippen LogP contribution is 2.39. The third-order valence-corrected chi connectivity index (χ3v) is 6.45. The average Bonchev–Trinajstić information content (AvgIpc) is 3.17. The summed E-state index contributed by atoms with van der Waals surface area (Å²) in [5, 5.41) is 22.8. The maximum absolute atomic E-state index is 13.7. The van der Waals surface area contributed by atoms with Crippen LogP contribution in [0.25, 0.3) is 11.3 Å². The highest BCUT2D eigenvalue weighted by molar-refractivity contribution is 7.99. The number of alkyl halides is 1. The van der Waals surface area contributed by atoms with E-state index in [2.05, 4.69) is 29.1 Å². The average molecular weight is 423 g/mol. The van der Waals surface area contributed by atoms with Crippen LogP contribution in [0.4, 0.5) is 10.2 Å². The van der Waals surface area contributed by atoms with Gasteiger partial charge in [0.1, 0.15) is 12.0 Å². The van der Waals surface area contributed by atoms with Gasteiger partial charge in [0.05, 0.1) is 24.1 Å². The van der Waals surface area contributed by atoms with Crippen LogP contribution in [-0.2, 0) is 0 Å². The molecule has 0 bridgehead atoms. The van der Waals surface area contributed by atoms with Crippen LogP contribution in [0.5, 0.6) is 0 Å². The summed E-state index contributed by atoms with van der Waals surface area (Å²) >= 11 is 1.38. The van der Waals surface area contributed by atoms with E-state index < -0.39 is 12.3 Å². The summed E-state index contributed by atoms with van der Waals surface area (Å²) in [5.41, 5.74) is 2.88. The maximum Gasteiger partial charge on any atom is 0.166 e. The SMILES string of the molecule is CCC(C)Nc1cc(-c2[nH]c(SCC(O)CO)nc2C2CCC(F)CC2)ccn1. The molecule has 0 amide bonds. The van der Waals surface area contributed by atoms with Crippen molar-refractivity contribution in [3.63, 3.8) is 0 Å². The molecule has 0 radical (unpaired) electrons. The number of nitrogens with one attached hydrogen (secondary N) is 2. The van der Waals surface area contributed by atoms with E-state index in [9.17, 15) is 9.50 Å². The first-order valence-corrected chi connectivity index (χ1v) is 11.4. The Kier molecular flexibility index (Phi) is 7.91. The Morgan fingerprint density at radius 1 is 1.34 bits per heavy atom. The van der Waals surface area contributed by atoms with E-state index in [0.717, 1.165) is 42.0 Å². The minimum Gasteiger partial charge on any atom is -0.394 e. The second kappa shape index (κ2) is 10.4. The van der Waals surface area contributed by atoms with Crippen LogP contribution >= 0.6 is 11.8 Å². The zero-order chi connectivity index (χ0) is 20.8. The second-order valence-corrected chi connectivity index (χ2v) is 8.79. The number of rotatable bonds is 9. The lowest BCUT2D eigenvalue weighted by atomic mass is 9.84. The molecule has 2 atom stereocenters. The standard InChI is InChI=1S/C21H31FN4O2S/c1-3-13(2)24-18-10-15(8-9-23-18)20-19(14-4-6-16(22)7-5-14)25-21(26-20)29-12-17(28)11-27/h8-10,13-14,16-17,27-28H,3-7,11-12H2,1-2H3,(H,23,24)(H,25,26). The van der Waals surface area contributed by atoms with Gasteiger partial charge in [0.15, 0.2) is 5.16 Å². The van der Waals surface area contributed by atoms with Gasteiger partial charge >= 0.3 is 0 Å². The Bertz CT molecular complexity index is 780. The largest absolute Gasteiger partial charge is 0.394 e. The summed E-state index contributed by atoms with van der Waals surface area (Å²) in [7, 11) is 0. The summed E-state index contributed by atoms with van der Waals surface area (Å²) in [6, 6.07) is 4.29. The monoisotopic (exact) mass is 422 g/mol. The first-order valence-electron chi connectivity index (χ1n) is 10.4. The zero-order valence-electron chi connectivity index (χ0n) is 17.1. The highest BCUT2D eigenvalue weighted by Gasteiger charge is 2.27. The molecule has 3 rings (SSSR count). The molecular weight excluding hydrogens is 391 g/mol. The van der Waals surface area contributed by atoms with Crippen molar-refractivity contribution in [2.75, 3.05) is 17.7 Å². The molecule has 1 aliphatic carbocycles. The topological polar surface area (TPSA) is 94.1 Å². The van der Waals surface area contributed by atoms with Crippen molar-refractivity contribution in [2.24, 2.45) is 0 Å². The molecule has 29 heavy (non-hydrogen) atoms. The van der Waals surface area contributed by atoms with Gasteiger partial charge < -0.3 is 20.5 Å². The third-order valence-electron chi connectivity index (χ3n) is 5.43. The van der Waals surface area contributed by atoms with Gasteiger partial charge in [-0.05, 0) is 51.2 Å². The van der Waals surface area contributed by atoms with Crippen molar-refractivity contribution in [1.82, 2.24) is 15.0 Å². The number of anilines is 1. The predicted molar refractivity (Wildman–Crippen MR) is 115 cm³/mol. The van der Waals surface area contributed by atoms with Gasteiger partial charge in [-0.2, -0.15) is 0 Å². The minimum absolute atomic E-state index is 0.213. The Balaban J connectivity index is 1.89. The number of thioether (sulfide) groups is 1. The van der Waals surface area contributed by atoms with Crippen LogP contribution in [0.2, 0.25) is 0 Å². The molecule has 0 aliphatic heterocycles. The molecule has 2 aromatic heterocycles. The zero-order valence-corrected chi connectivity index (χ0v) is 17.9. The molecule has 4 N–H and O–H groups in total. The van der Waals surface area contributed by atoms with E-state index in [1.165, 1.54) is 11.8 Å². The summed E-state index contributed by atoms with van der Waals surface area (Å²) < 4.78 is 13.7. The van der Waals surface area contributed by atoms with E-state index in [1.54, 1.807) is 6.20 Å². The number of aromatic amines is 1. The van der Waals surface area contributed by atoms with Crippen LogP contribution in [0.3, 0.4) is 0 Å². The Morgan fingerprint density at radius 3 is 2.79 bits per heavy atom. The van der Waals surface area contributed by atoms with Gasteiger partial charge in [0.2, 0.25) is 0 Å². The van der Waals surface area contributed by atoms with Gasteiger partial charge in [-0.1, -0.05) is 18.7 Å². The Hall–Kier alpha value is -1.64. The quantitative estimate of drug-likeness (QED) is 0.454. The molecule has 2 unspecified atom stereocenters. The van der Waals surface area contributed by atoms with E-state index in [1.807, 2.05) is 12.1 Å². The third kappa shape index (κ3) is 5.93. The molecule has 1 saturated carbocycles. The van der Waals surface area contributed by atoms with Crippen LogP contribution in [0.1, 0.15) is 57.6 Å². The number of H-pyrrole nitrogens is 1. The first kappa shape index (κ1) is 22.1. The van der Waals surface area contributed by atoms with Crippen molar-refractivity contribution < 1.29 is 14.6 Å². The number of aliphatic hydroxyl groups is 2. The lowest BCUT2D eigenvalue weighted by molar-refractivity contribution is 0.113. The molecule has 2 heterocycles. The van der Waals surface area contributed by atoms with E-state index in [4.69, 9.17) is 10.1 Å². The first-order chi connectivity index (χ1) is 14.0. The van der Waals surface area contributed by atoms with Crippen molar-refractivity contribution in [3.05, 3.63) is 24.0 Å². The number of hydrogen-bond acceptors (Lipinski definition) is 6. The van der Waals surface area contributed by atoms with Gasteiger partial charge in [-0.25, -0.2) is 14.4 Å². The molecule has 1 fully saturated rings. The van der Waals surface area contributed by atoms with Crippen molar-refractivity contribution in [2.45, 2.75) is 75.3 Å². The molecule has 0 spiro atoms. The molecule has 0 saturated heterocycles. The number of halogens is 1. The lowest BCUT2D eigenvalue weighted by Crippen LogP contribution is -2.15. The molecule has 8 heteroatoms. The molecule has 160 valence electrons. The second-order valence-electron chi connectivity index (χ2n) is 7.78. The summed E-state index contributed by atoms with van der Waals surface area (Å²) in [4.78, 5) is 12.6. The van der Waals surface area contributed by atoms with Crippen LogP contribution in [-0.4, -0.2) is 55.8 Å². The maximum atomic E-state index is 13.7. The molecule has 2 aromatic rings. The molecule has 1 aliphatic rings. The normalized spacial score (nSPS) is 21.7. The van der Waals surface area contributed by atoms with Gasteiger partial charge in [0, 0.05) is 29.5 Å². The number of nitrogens with zero attached hydrogens (tertiary/aromatic N) is 2. The number of imidazole rings is 1. The highest BCUT2D eigenvalue weighted by atomic mass is 32.2. The van der Waals surface area contributed by atoms with Gasteiger partial charge in [-0.3, -0.25) is 0 Å². The molecule has 0 aromatic carbocycles. The number of aliphatic hydroxyl groups excluding tert-OH is 2. The fourth-order valence-corrected chi connectivity index (χ4v) is 4.31. The smallest absolute Gasteiger partial charge is 0.166 e. The Morgan fingerprint density at radius 2 is 2.10 bits per heavy atom. The van der Waals surface area contributed by atoms with Crippen molar-refractivity contribution in [3.8, 4) is 11.3 Å². The Labute approximate surface area is 175 Å². The fourth-order valence-electron chi connectivity index (χ4n) is 3.52. The minimum atomic E-state index is -0.786. The summed E-state index contributed by atoms with van der Waals surface area (Å²) in [5.74, 6) is 1.39. The van der Waals surface area contributed by atoms with Gasteiger partial charge in [-0.15, -0.1) is 0 Å². The fraction of sp³-hybridized carbons (Fsp3) is 0.619. The van der Waals surface area contributed by atoms with Crippen molar-refractivity contribution >= 4 is 17.6 Å². The lowest BCUT2D eigenvalue weighted by Gasteiger charge is -2.23. The van der Waals surface area contributed by atoms with Crippen LogP contribution in [0, 0.1) is 0 Å². The molecular formula is C21H31FN4O2S. The molecule has 6 nitrogen and oxygen atoms in total. The number of aromatic nitrogens is 3. The van der Waals surface area contributed by atoms with E-state index in [0.29, 0.717) is 29.8 Å². The van der Waals surface area contributed by atoms with E-state index in [-0.39, 0.29) is 12.5 Å². The van der Waals surface area contributed by atoms with Gasteiger partial charge in [0.25, 0.3) is 0 Å². The summed E-state index contributed by atoms with van der Waals surface area (Å²) in [6.45, 7) is 3.97.